The van der Waals surface area contributed by atoms with Crippen molar-refractivity contribution in [3.63, 3.8) is 0 Å². The minimum atomic E-state index is -0.0149. The van der Waals surface area contributed by atoms with E-state index in [0.29, 0.717) is 6.04 Å². The van der Waals surface area contributed by atoms with Crippen LogP contribution in [0.3, 0.4) is 0 Å². The molecule has 0 unspecified atom stereocenters. The first-order valence-electron chi connectivity index (χ1n) is 9.11. The molecule has 2 aliphatic rings. The van der Waals surface area contributed by atoms with Crippen molar-refractivity contribution in [2.24, 2.45) is 16.3 Å². The SMILES string of the molecule is CCC1(CC)C=C(/C(N)=N/O)n2c3c(c4ccccc42)CCN(C)[C@H]31. The molecule has 3 N–H and O–H groups in total. The standard InChI is InChI=1S/C20H26N4O/c1-4-20(5-2)12-16(19(21)22-25)24-15-9-7-6-8-13(15)14-10-11-23(3)18(20)17(14)24/h6-9,12,18,25H,4-5,10-11H2,1-3H3,(H2,21,22)/t18-/m1/s1. The van der Waals surface area contributed by atoms with Gasteiger partial charge in [-0.3, -0.25) is 4.90 Å². The van der Waals surface area contributed by atoms with E-state index in [1.165, 1.54) is 16.6 Å². The highest BCUT2D eigenvalue weighted by atomic mass is 16.4. The number of nitrogens with zero attached hydrogens (tertiary/aromatic N) is 3. The van der Waals surface area contributed by atoms with Crippen LogP contribution in [0.1, 0.15) is 44.0 Å². The number of likely N-dealkylation sites (N-methyl/N-ethyl adjacent to an activating group) is 1. The highest BCUT2D eigenvalue weighted by Gasteiger charge is 2.47. The van der Waals surface area contributed by atoms with Gasteiger partial charge in [-0.05, 0) is 44.0 Å². The molecule has 0 spiro atoms. The van der Waals surface area contributed by atoms with Crippen LogP contribution in [-0.2, 0) is 6.42 Å². The molecule has 1 atom stereocenters. The van der Waals surface area contributed by atoms with Crippen LogP contribution in [0, 0.1) is 5.41 Å². The zero-order valence-corrected chi connectivity index (χ0v) is 15.2. The molecule has 0 amide bonds. The zero-order valence-electron chi connectivity index (χ0n) is 15.2. The van der Waals surface area contributed by atoms with E-state index in [9.17, 15) is 5.21 Å². The van der Waals surface area contributed by atoms with Crippen LogP contribution in [0.5, 0.6) is 0 Å². The van der Waals surface area contributed by atoms with Crippen LogP contribution in [-0.4, -0.2) is 34.1 Å². The summed E-state index contributed by atoms with van der Waals surface area (Å²) >= 11 is 0. The van der Waals surface area contributed by atoms with Crippen LogP contribution in [0.15, 0.2) is 35.5 Å². The van der Waals surface area contributed by atoms with Crippen LogP contribution in [0.2, 0.25) is 0 Å². The second kappa shape index (κ2) is 5.63. The third-order valence-corrected chi connectivity index (χ3v) is 6.33. The number of rotatable bonds is 3. The molecule has 4 rings (SSSR count). The van der Waals surface area contributed by atoms with Gasteiger partial charge in [-0.1, -0.05) is 37.2 Å². The Labute approximate surface area is 148 Å². The Kier molecular flexibility index (Phi) is 3.65. The van der Waals surface area contributed by atoms with Crippen molar-refractivity contribution < 1.29 is 5.21 Å². The number of para-hydroxylation sites is 1. The summed E-state index contributed by atoms with van der Waals surface area (Å²) in [6.07, 6.45) is 5.31. The van der Waals surface area contributed by atoms with Crippen molar-refractivity contribution in [1.29, 1.82) is 0 Å². The number of nitrogens with two attached hydrogens (primary N) is 1. The topological polar surface area (TPSA) is 66.8 Å². The second-order valence-electron chi connectivity index (χ2n) is 7.30. The zero-order chi connectivity index (χ0) is 17.8. The minimum Gasteiger partial charge on any atom is -0.409 e. The monoisotopic (exact) mass is 338 g/mol. The Morgan fingerprint density at radius 3 is 2.72 bits per heavy atom. The van der Waals surface area contributed by atoms with E-state index in [2.05, 4.69) is 65.9 Å². The molecule has 5 heteroatoms. The summed E-state index contributed by atoms with van der Waals surface area (Å²) in [5, 5.41) is 14.0. The number of benzene rings is 1. The Hall–Kier alpha value is -2.27. The maximum Gasteiger partial charge on any atom is 0.186 e. The van der Waals surface area contributed by atoms with Crippen molar-refractivity contribution in [2.45, 2.75) is 39.2 Å². The lowest BCUT2D eigenvalue weighted by Crippen LogP contribution is -2.46. The first-order chi connectivity index (χ1) is 12.1. The third-order valence-electron chi connectivity index (χ3n) is 6.33. The molecule has 1 aromatic heterocycles. The molecular weight excluding hydrogens is 312 g/mol. The fourth-order valence-electron chi connectivity index (χ4n) is 4.97. The number of oxime groups is 1. The summed E-state index contributed by atoms with van der Waals surface area (Å²) in [6.45, 7) is 5.54. The largest absolute Gasteiger partial charge is 0.409 e. The molecule has 5 nitrogen and oxygen atoms in total. The maximum absolute atomic E-state index is 9.39. The van der Waals surface area contributed by atoms with Gasteiger partial charge in [0.2, 0.25) is 0 Å². The Bertz CT molecular complexity index is 888. The van der Waals surface area contributed by atoms with Crippen molar-refractivity contribution >= 4 is 22.4 Å². The van der Waals surface area contributed by atoms with Crippen LogP contribution >= 0.6 is 0 Å². The Balaban J connectivity index is 2.14. The van der Waals surface area contributed by atoms with Gasteiger partial charge < -0.3 is 15.5 Å². The quantitative estimate of drug-likeness (QED) is 0.389. The van der Waals surface area contributed by atoms with Crippen molar-refractivity contribution in [2.75, 3.05) is 13.6 Å². The lowest BCUT2D eigenvalue weighted by atomic mass is 9.69. The van der Waals surface area contributed by atoms with E-state index >= 15 is 0 Å². The Morgan fingerprint density at radius 1 is 1.32 bits per heavy atom. The van der Waals surface area contributed by atoms with E-state index in [4.69, 9.17) is 5.73 Å². The van der Waals surface area contributed by atoms with Crippen molar-refractivity contribution in [3.8, 4) is 0 Å². The first kappa shape index (κ1) is 16.2. The van der Waals surface area contributed by atoms with Gasteiger partial charge in [0.1, 0.15) is 0 Å². The molecule has 0 fully saturated rings. The molecule has 132 valence electrons. The second-order valence-corrected chi connectivity index (χ2v) is 7.30. The molecule has 1 aromatic carbocycles. The van der Waals surface area contributed by atoms with Gasteiger partial charge in [0.15, 0.2) is 5.84 Å². The minimum absolute atomic E-state index is 0.0149. The summed E-state index contributed by atoms with van der Waals surface area (Å²) in [7, 11) is 2.22. The molecule has 0 saturated heterocycles. The van der Waals surface area contributed by atoms with Gasteiger partial charge in [0.25, 0.3) is 0 Å². The fourth-order valence-corrected chi connectivity index (χ4v) is 4.97. The van der Waals surface area contributed by atoms with E-state index in [0.717, 1.165) is 37.0 Å². The van der Waals surface area contributed by atoms with Crippen molar-refractivity contribution in [1.82, 2.24) is 9.47 Å². The average molecular weight is 338 g/mol. The molecule has 3 heterocycles. The van der Waals surface area contributed by atoms with Gasteiger partial charge in [0.05, 0.1) is 17.3 Å². The van der Waals surface area contributed by atoms with Crippen LogP contribution in [0.25, 0.3) is 16.6 Å². The van der Waals surface area contributed by atoms with Gasteiger partial charge in [-0.2, -0.15) is 0 Å². The van der Waals surface area contributed by atoms with Gasteiger partial charge in [0, 0.05) is 23.0 Å². The molecule has 25 heavy (non-hydrogen) atoms. The number of aromatic nitrogens is 1. The first-order valence-corrected chi connectivity index (χ1v) is 9.11. The molecule has 0 bridgehead atoms. The smallest absolute Gasteiger partial charge is 0.186 e. The summed E-state index contributed by atoms with van der Waals surface area (Å²) < 4.78 is 2.23. The van der Waals surface area contributed by atoms with Crippen molar-refractivity contribution in [3.05, 3.63) is 41.6 Å². The maximum atomic E-state index is 9.39. The predicted molar refractivity (Wildman–Crippen MR) is 102 cm³/mol. The summed E-state index contributed by atoms with van der Waals surface area (Å²) in [6, 6.07) is 8.80. The summed E-state index contributed by atoms with van der Waals surface area (Å²) in [5.74, 6) is 0.182. The number of fused-ring (bicyclic) bond motifs is 3. The molecular formula is C20H26N4O. The van der Waals surface area contributed by atoms with Gasteiger partial charge in [-0.15, -0.1) is 0 Å². The van der Waals surface area contributed by atoms with Crippen LogP contribution < -0.4 is 5.73 Å². The van der Waals surface area contributed by atoms with Crippen LogP contribution in [0.4, 0.5) is 0 Å². The number of amidine groups is 1. The lowest BCUT2D eigenvalue weighted by Gasteiger charge is -2.48. The highest BCUT2D eigenvalue weighted by molar-refractivity contribution is 6.18. The predicted octanol–water partition coefficient (Wildman–Crippen LogP) is 3.58. The van der Waals surface area contributed by atoms with E-state index in [1.807, 2.05) is 0 Å². The molecule has 0 saturated carbocycles. The molecule has 0 radical (unpaired) electrons. The number of hydrogen-bond acceptors (Lipinski definition) is 3. The normalized spacial score (nSPS) is 22.8. The average Bonchev–Trinajstić information content (AvgIpc) is 2.99. The summed E-state index contributed by atoms with van der Waals surface area (Å²) in [4.78, 5) is 2.48. The van der Waals surface area contributed by atoms with E-state index in [1.54, 1.807) is 0 Å². The van der Waals surface area contributed by atoms with Gasteiger partial charge in [-0.25, -0.2) is 0 Å². The molecule has 2 aliphatic heterocycles. The van der Waals surface area contributed by atoms with E-state index < -0.39 is 0 Å². The van der Waals surface area contributed by atoms with E-state index in [-0.39, 0.29) is 11.3 Å². The Morgan fingerprint density at radius 2 is 2.04 bits per heavy atom. The molecule has 0 aliphatic carbocycles. The summed E-state index contributed by atoms with van der Waals surface area (Å²) in [5.41, 5.74) is 10.8. The highest BCUT2D eigenvalue weighted by Crippen LogP contribution is 2.54. The third kappa shape index (κ3) is 2.02. The molecule has 2 aromatic rings. The van der Waals surface area contributed by atoms with Gasteiger partial charge >= 0.3 is 0 Å². The lowest BCUT2D eigenvalue weighted by molar-refractivity contribution is 0.0944. The fraction of sp³-hybridized carbons (Fsp3) is 0.450. The number of hydrogen-bond donors (Lipinski definition) is 2.